The molecule has 0 N–H and O–H groups in total. The average molecular weight is 266 g/mol. The van der Waals surface area contributed by atoms with Crippen LogP contribution in [0.3, 0.4) is 0 Å². The van der Waals surface area contributed by atoms with Gasteiger partial charge in [-0.05, 0) is 0 Å². The summed E-state index contributed by atoms with van der Waals surface area (Å²) in [5.74, 6) is 0. The second-order valence-electron chi connectivity index (χ2n) is 4.22. The predicted molar refractivity (Wildman–Crippen MR) is 134 cm³/mol. The van der Waals surface area contributed by atoms with Crippen molar-refractivity contribution in [3.8, 4) is 0 Å². The minimum absolute atomic E-state index is 0.748. The van der Waals surface area contributed by atoms with Crippen molar-refractivity contribution in [2.75, 3.05) is 0 Å². The van der Waals surface area contributed by atoms with Gasteiger partial charge >= 0.3 is 160 Å². The van der Waals surface area contributed by atoms with Crippen LogP contribution >= 0.6 is 0 Å². The van der Waals surface area contributed by atoms with Crippen molar-refractivity contribution < 1.29 is 4.70 Å². The maximum absolute atomic E-state index is 10.0. The molecule has 24 heteroatoms. The monoisotopic (exact) mass is 270 g/mol. The van der Waals surface area contributed by atoms with Crippen molar-refractivity contribution in [1.82, 2.24) is 0 Å². The van der Waals surface area contributed by atoms with E-state index >= 15 is 0 Å². The van der Waals surface area contributed by atoms with Gasteiger partial charge < -0.3 is 0 Å². The molecule has 0 atom stereocenters. The number of hydrogen-bond acceptors (Lipinski definition) is 1. The van der Waals surface area contributed by atoms with Gasteiger partial charge in [0.1, 0.15) is 0 Å². The van der Waals surface area contributed by atoms with Gasteiger partial charge in [0.2, 0.25) is 0 Å². The fraction of sp³-hybridized carbons (Fsp3) is 0. The molecular weight excluding hydrogens is 265 g/mol. The van der Waals surface area contributed by atoms with Crippen molar-refractivity contribution in [1.29, 1.82) is 0 Å². The van der Waals surface area contributed by atoms with E-state index in [0.29, 0.717) is 0 Å². The second kappa shape index (κ2) is 24.3. The van der Waals surface area contributed by atoms with E-state index in [0.717, 1.165) is 7.04 Å². The van der Waals surface area contributed by atoms with E-state index in [1.807, 2.05) is 114 Å². The second-order valence-corrected chi connectivity index (χ2v) is 4.22. The molecule has 0 aromatic heterocycles. The fourth-order valence-corrected chi connectivity index (χ4v) is 1.28. The van der Waals surface area contributed by atoms with Crippen LogP contribution in [0.25, 0.3) is 0 Å². The number of hydrogen-bond donors (Lipinski definition) is 0. The van der Waals surface area contributed by atoms with E-state index in [1.54, 1.807) is 20.1 Å². The van der Waals surface area contributed by atoms with Crippen LogP contribution in [0.4, 0.5) is 0 Å². The van der Waals surface area contributed by atoms with Gasteiger partial charge in [-0.2, -0.15) is 0 Å². The first kappa shape index (κ1) is 25.3. The van der Waals surface area contributed by atoms with Gasteiger partial charge in [0.05, 0.1) is 0 Å². The Labute approximate surface area is 159 Å². The molecule has 0 aliphatic heterocycles. The van der Waals surface area contributed by atoms with Gasteiger partial charge in [0, 0.05) is 0 Å². The molecule has 0 spiro atoms. The van der Waals surface area contributed by atoms with Gasteiger partial charge in [-0.1, -0.05) is 0 Å². The Hall–Kier alpha value is 1.29. The summed E-state index contributed by atoms with van der Waals surface area (Å²) in [7, 11) is 4.34. The van der Waals surface area contributed by atoms with Crippen molar-refractivity contribution in [3.63, 3.8) is 0 Å². The predicted octanol–water partition coefficient (Wildman–Crippen LogP) is -9.14. The van der Waals surface area contributed by atoms with Crippen LogP contribution in [-0.4, -0.2) is 155 Å². The molecule has 1 nitrogen and oxygen atoms in total. The summed E-state index contributed by atoms with van der Waals surface area (Å²) in [6.45, 7) is 39.6. The molecule has 0 radical (unpaired) electrons. The Morgan fingerprint density at radius 1 is 0.333 bits per heavy atom. The summed E-state index contributed by atoms with van der Waals surface area (Å²) in [6, 6.07) is 0. The molecule has 0 rings (SSSR count). The summed E-state index contributed by atoms with van der Waals surface area (Å²) < 4.78 is 10.0. The Balaban J connectivity index is 3.91. The molecule has 76 valence electrons. The van der Waals surface area contributed by atoms with Crippen LogP contribution in [0.15, 0.2) is 0 Å². The van der Waals surface area contributed by atoms with E-state index in [-0.39, 0.29) is 0 Å². The molecule has 24 heavy (non-hydrogen) atoms. The molecule has 0 saturated heterocycles. The minimum atomic E-state index is 0.748. The molecule has 0 aliphatic carbocycles. The van der Waals surface area contributed by atoms with Crippen molar-refractivity contribution in [2.45, 2.75) is 0 Å². The van der Waals surface area contributed by atoms with Crippen molar-refractivity contribution >= 4 is 155 Å². The first-order valence-corrected chi connectivity index (χ1v) is 7.64. The van der Waals surface area contributed by atoms with E-state index in [1.165, 1.54) is 6.69 Å². The van der Waals surface area contributed by atoms with Crippen LogP contribution in [0.1, 0.15) is 0 Å². The van der Waals surface area contributed by atoms with E-state index < -0.39 is 0 Å². The Morgan fingerprint density at radius 3 is 0.750 bits per heavy atom. The van der Waals surface area contributed by atoms with Gasteiger partial charge in [0.15, 0.2) is 0 Å². The third-order valence-electron chi connectivity index (χ3n) is 2.33. The normalized spacial score (nSPS) is 7.12. The zero-order chi connectivity index (χ0) is 17.6. The SMILES string of the molecule is B=B\B=B/B=B\B=B/B=B\B=B/B=B\B=B/B=B\B=B/B=B\B=O. The van der Waals surface area contributed by atoms with Crippen LogP contribution in [0.5, 0.6) is 0 Å². The van der Waals surface area contributed by atoms with E-state index in [2.05, 4.69) is 7.37 Å². The van der Waals surface area contributed by atoms with Crippen LogP contribution in [0, 0.1) is 0 Å². The summed E-state index contributed by atoms with van der Waals surface area (Å²) in [5, 5.41) is 0. The zero-order valence-corrected chi connectivity index (χ0v) is 13.8. The Bertz CT molecular complexity index is 556. The first-order valence-electron chi connectivity index (χ1n) is 7.64. The van der Waals surface area contributed by atoms with Gasteiger partial charge in [0.25, 0.3) is 0 Å². The average Bonchev–Trinajstić information content (AvgIpc) is 2.60. The summed E-state index contributed by atoms with van der Waals surface area (Å²) >= 11 is 0. The van der Waals surface area contributed by atoms with Crippen LogP contribution < -0.4 is 0 Å². The zero-order valence-electron chi connectivity index (χ0n) is 13.8. The third-order valence-corrected chi connectivity index (χ3v) is 2.33. The number of rotatable bonds is 11. The van der Waals surface area contributed by atoms with Gasteiger partial charge in [-0.25, -0.2) is 0 Å². The van der Waals surface area contributed by atoms with Crippen LogP contribution in [-0.2, 0) is 4.70 Å². The first-order chi connectivity index (χ1) is 11.9. The topological polar surface area (TPSA) is 17.1 Å². The third kappa shape index (κ3) is 23.3. The molecular formula is HB23O. The van der Waals surface area contributed by atoms with E-state index in [9.17, 15) is 4.70 Å². The Kier molecular flexibility index (Phi) is 25.6. The molecule has 0 saturated carbocycles. The quantitative estimate of drug-likeness (QED) is 0.339. The Morgan fingerprint density at radius 2 is 0.542 bits per heavy atom. The van der Waals surface area contributed by atoms with Gasteiger partial charge in [-0.3, -0.25) is 0 Å². The standard InChI is InChI=1S/B23HO/c1-2-3-4-5-6-7-8-9-10-11-12-13-14-15-16-17-18-19-20-21-22-23-24/h1H. The molecule has 0 amide bonds. The molecule has 0 aromatic carbocycles. The molecule has 0 aliphatic rings. The van der Waals surface area contributed by atoms with Crippen molar-refractivity contribution in [2.24, 2.45) is 0 Å². The van der Waals surface area contributed by atoms with Gasteiger partial charge in [-0.15, -0.1) is 0 Å². The summed E-state index contributed by atoms with van der Waals surface area (Å²) in [5.41, 5.74) is 0. The fourth-order valence-electron chi connectivity index (χ4n) is 1.28. The summed E-state index contributed by atoms with van der Waals surface area (Å²) in [4.78, 5) is 0. The molecule has 0 heterocycles. The molecule has 0 fully saturated rings. The van der Waals surface area contributed by atoms with E-state index in [4.69, 9.17) is 0 Å². The van der Waals surface area contributed by atoms with Crippen molar-refractivity contribution in [3.05, 3.63) is 0 Å². The molecule has 0 bridgehead atoms. The molecule has 0 aromatic rings. The maximum atomic E-state index is 10.0. The van der Waals surface area contributed by atoms with Crippen LogP contribution in [0.2, 0.25) is 0 Å². The summed E-state index contributed by atoms with van der Waals surface area (Å²) in [6.07, 6.45) is 0. The molecule has 0 unspecified atom stereocenters.